The maximum absolute atomic E-state index is 14.3. The third-order valence-electron chi connectivity index (χ3n) is 7.48. The van der Waals surface area contributed by atoms with Crippen molar-refractivity contribution < 1.29 is 18.0 Å². The Morgan fingerprint density at radius 1 is 0.860 bits per heavy atom. The van der Waals surface area contributed by atoms with Crippen molar-refractivity contribution in [3.8, 4) is 0 Å². The molecule has 4 rings (SSSR count). The number of hydrogen-bond acceptors (Lipinski definition) is 4. The fraction of sp³-hybridized carbons (Fsp3) is 0.355. The molecule has 1 N–H and O–H groups in total. The van der Waals surface area contributed by atoms with Gasteiger partial charge in [0.1, 0.15) is 12.6 Å². The van der Waals surface area contributed by atoms with E-state index in [1.54, 1.807) is 18.2 Å². The van der Waals surface area contributed by atoms with Gasteiger partial charge in [-0.3, -0.25) is 13.9 Å². The van der Waals surface area contributed by atoms with E-state index in [4.69, 9.17) is 46.4 Å². The van der Waals surface area contributed by atoms with E-state index in [0.717, 1.165) is 48.2 Å². The first kappa shape index (κ1) is 33.4. The van der Waals surface area contributed by atoms with E-state index >= 15 is 0 Å². The summed E-state index contributed by atoms with van der Waals surface area (Å²) in [5.74, 6) is -0.945. The molecule has 2 amide bonds. The van der Waals surface area contributed by atoms with Crippen LogP contribution in [-0.2, 0) is 32.6 Å². The van der Waals surface area contributed by atoms with Crippen molar-refractivity contribution in [3.63, 3.8) is 0 Å². The lowest BCUT2D eigenvalue weighted by Gasteiger charge is -2.35. The zero-order valence-corrected chi connectivity index (χ0v) is 27.5. The normalized spacial score (nSPS) is 14.6. The van der Waals surface area contributed by atoms with E-state index in [-0.39, 0.29) is 40.6 Å². The molecule has 0 bridgehead atoms. The van der Waals surface area contributed by atoms with Gasteiger partial charge in [-0.25, -0.2) is 8.42 Å². The Labute approximate surface area is 273 Å². The standard InChI is InChI=1S/C31H33Cl4N3O4S/c1-43(41,42)38(23-15-16-27(34)28(35)18-23)20-30(39)37(19-24-25(32)13-8-14-26(24)33)29(17-21-9-4-2-5-10-21)31(40)36-22-11-6-3-7-12-22/h2,4-5,8-10,13-16,18,22,29H,3,6-7,11-12,17,19-20H2,1H3,(H,36,40)/t29-/m1/s1. The van der Waals surface area contributed by atoms with Crippen molar-refractivity contribution in [2.75, 3.05) is 17.1 Å². The van der Waals surface area contributed by atoms with Gasteiger partial charge in [-0.1, -0.05) is 102 Å². The number of amides is 2. The smallest absolute Gasteiger partial charge is 0.244 e. The van der Waals surface area contributed by atoms with Crippen LogP contribution < -0.4 is 9.62 Å². The molecule has 1 atom stereocenters. The molecule has 7 nitrogen and oxygen atoms in total. The zero-order chi connectivity index (χ0) is 31.1. The van der Waals surface area contributed by atoms with Gasteiger partial charge < -0.3 is 10.2 Å². The van der Waals surface area contributed by atoms with Gasteiger partial charge in [0.05, 0.1) is 22.0 Å². The lowest BCUT2D eigenvalue weighted by molar-refractivity contribution is -0.140. The van der Waals surface area contributed by atoms with Crippen molar-refractivity contribution in [1.82, 2.24) is 10.2 Å². The largest absolute Gasteiger partial charge is 0.352 e. The fourth-order valence-electron chi connectivity index (χ4n) is 5.21. The maximum atomic E-state index is 14.3. The minimum atomic E-state index is -3.96. The first-order chi connectivity index (χ1) is 20.4. The summed E-state index contributed by atoms with van der Waals surface area (Å²) in [6.45, 7) is -0.716. The monoisotopic (exact) mass is 683 g/mol. The van der Waals surface area contributed by atoms with Crippen LogP contribution >= 0.6 is 46.4 Å². The van der Waals surface area contributed by atoms with Gasteiger partial charge in [0.2, 0.25) is 21.8 Å². The number of halogens is 4. The Morgan fingerprint density at radius 3 is 2.12 bits per heavy atom. The van der Waals surface area contributed by atoms with Gasteiger partial charge in [-0.05, 0) is 48.7 Å². The van der Waals surface area contributed by atoms with Crippen LogP contribution in [0.15, 0.2) is 66.7 Å². The molecule has 0 aliphatic heterocycles. The summed E-state index contributed by atoms with van der Waals surface area (Å²) in [6, 6.07) is 17.6. The Kier molecular flexibility index (Phi) is 11.6. The highest BCUT2D eigenvalue weighted by atomic mass is 35.5. The summed E-state index contributed by atoms with van der Waals surface area (Å²) in [4.78, 5) is 29.7. The summed E-state index contributed by atoms with van der Waals surface area (Å²) >= 11 is 25.3. The van der Waals surface area contributed by atoms with Crippen LogP contribution in [-0.4, -0.2) is 50.0 Å². The molecule has 0 spiro atoms. The number of sulfonamides is 1. The topological polar surface area (TPSA) is 86.8 Å². The van der Waals surface area contributed by atoms with E-state index in [1.165, 1.54) is 23.1 Å². The minimum absolute atomic E-state index is 0.0101. The number of carbonyl (C=O) groups is 2. The molecule has 0 aromatic heterocycles. The SMILES string of the molecule is CS(=O)(=O)N(CC(=O)N(Cc1c(Cl)cccc1Cl)[C@H](Cc1ccccc1)C(=O)NC1CCCCC1)c1ccc(Cl)c(Cl)c1. The molecule has 3 aromatic rings. The van der Waals surface area contributed by atoms with Crippen LogP contribution in [0, 0.1) is 0 Å². The number of hydrogen-bond donors (Lipinski definition) is 1. The van der Waals surface area contributed by atoms with Gasteiger partial charge in [-0.15, -0.1) is 0 Å². The van der Waals surface area contributed by atoms with Crippen molar-refractivity contribution in [1.29, 1.82) is 0 Å². The van der Waals surface area contributed by atoms with E-state index < -0.39 is 28.5 Å². The number of carbonyl (C=O) groups excluding carboxylic acids is 2. The van der Waals surface area contributed by atoms with Gasteiger partial charge in [-0.2, -0.15) is 0 Å². The molecule has 230 valence electrons. The van der Waals surface area contributed by atoms with Crippen LogP contribution in [0.5, 0.6) is 0 Å². The molecule has 43 heavy (non-hydrogen) atoms. The number of anilines is 1. The third-order valence-corrected chi connectivity index (χ3v) is 10.1. The molecule has 3 aromatic carbocycles. The zero-order valence-electron chi connectivity index (χ0n) is 23.6. The summed E-state index contributed by atoms with van der Waals surface area (Å²) in [7, 11) is -3.96. The molecule has 1 fully saturated rings. The van der Waals surface area contributed by atoms with E-state index in [0.29, 0.717) is 15.6 Å². The third kappa shape index (κ3) is 9.02. The first-order valence-electron chi connectivity index (χ1n) is 13.9. The Hall–Kier alpha value is -2.49. The first-order valence-corrected chi connectivity index (χ1v) is 17.3. The van der Waals surface area contributed by atoms with Crippen LogP contribution in [0.3, 0.4) is 0 Å². The molecule has 0 radical (unpaired) electrons. The minimum Gasteiger partial charge on any atom is -0.352 e. The molecule has 0 saturated heterocycles. The lowest BCUT2D eigenvalue weighted by Crippen LogP contribution is -2.55. The number of benzene rings is 3. The summed E-state index contributed by atoms with van der Waals surface area (Å²) < 4.78 is 26.9. The van der Waals surface area contributed by atoms with Crippen LogP contribution in [0.4, 0.5) is 5.69 Å². The average Bonchev–Trinajstić information content (AvgIpc) is 2.97. The summed E-state index contributed by atoms with van der Waals surface area (Å²) in [6.07, 6.45) is 6.04. The van der Waals surface area contributed by atoms with Crippen molar-refractivity contribution in [3.05, 3.63) is 97.9 Å². The highest BCUT2D eigenvalue weighted by Crippen LogP contribution is 2.30. The van der Waals surface area contributed by atoms with Gasteiger partial charge in [0.15, 0.2) is 0 Å². The molecule has 1 saturated carbocycles. The van der Waals surface area contributed by atoms with E-state index in [1.807, 2.05) is 30.3 Å². The Balaban J connectivity index is 1.76. The van der Waals surface area contributed by atoms with Crippen LogP contribution in [0.25, 0.3) is 0 Å². The van der Waals surface area contributed by atoms with Gasteiger partial charge in [0, 0.05) is 34.6 Å². The molecule has 1 aliphatic rings. The molecule has 0 unspecified atom stereocenters. The quantitative estimate of drug-likeness (QED) is 0.232. The van der Waals surface area contributed by atoms with Crippen molar-refractivity contribution >= 4 is 73.9 Å². The van der Waals surface area contributed by atoms with Crippen molar-refractivity contribution in [2.24, 2.45) is 0 Å². The maximum Gasteiger partial charge on any atom is 0.244 e. The molecule has 0 heterocycles. The number of nitrogens with zero attached hydrogens (tertiary/aromatic N) is 2. The van der Waals surface area contributed by atoms with Crippen LogP contribution in [0.1, 0.15) is 43.2 Å². The second-order valence-corrected chi connectivity index (χ2v) is 14.2. The van der Waals surface area contributed by atoms with Gasteiger partial charge >= 0.3 is 0 Å². The van der Waals surface area contributed by atoms with Crippen molar-refractivity contribution in [2.45, 2.75) is 57.2 Å². The van der Waals surface area contributed by atoms with E-state index in [9.17, 15) is 18.0 Å². The summed E-state index contributed by atoms with van der Waals surface area (Å²) in [5.41, 5.74) is 1.44. The fourth-order valence-corrected chi connectivity index (χ4v) is 6.86. The molecular formula is C31H33Cl4N3O4S. The van der Waals surface area contributed by atoms with Crippen LogP contribution in [0.2, 0.25) is 20.1 Å². The number of rotatable bonds is 11. The predicted octanol–water partition coefficient (Wildman–Crippen LogP) is 7.16. The lowest BCUT2D eigenvalue weighted by atomic mass is 9.94. The molecular weight excluding hydrogens is 652 g/mol. The second kappa shape index (κ2) is 15.0. The highest BCUT2D eigenvalue weighted by molar-refractivity contribution is 7.92. The van der Waals surface area contributed by atoms with Gasteiger partial charge in [0.25, 0.3) is 0 Å². The highest BCUT2D eigenvalue weighted by Gasteiger charge is 2.35. The molecule has 1 aliphatic carbocycles. The summed E-state index contributed by atoms with van der Waals surface area (Å²) in [5, 5.41) is 4.17. The average molecular weight is 686 g/mol. The Morgan fingerprint density at radius 2 is 1.51 bits per heavy atom. The Bertz CT molecular complexity index is 1530. The second-order valence-electron chi connectivity index (χ2n) is 10.6. The number of nitrogens with one attached hydrogen (secondary N) is 1. The predicted molar refractivity (Wildman–Crippen MR) is 175 cm³/mol. The van der Waals surface area contributed by atoms with E-state index in [2.05, 4.69) is 5.32 Å². The molecule has 12 heteroatoms.